The van der Waals surface area contributed by atoms with Crippen LogP contribution in [0.4, 0.5) is 10.1 Å². The molecule has 3 rings (SSSR count). The molecule has 0 saturated heterocycles. The number of halogens is 1. The third-order valence-electron chi connectivity index (χ3n) is 5.13. The molecule has 0 aliphatic heterocycles. The fraction of sp³-hybridized carbons (Fsp3) is 0.269. The lowest BCUT2D eigenvalue weighted by Crippen LogP contribution is -2.17. The fourth-order valence-corrected chi connectivity index (χ4v) is 3.26. The number of nitrogens with one attached hydrogen (secondary N) is 1. The maximum absolute atomic E-state index is 13.3. The standard InChI is InChI=1S/C26H28FNO/c1-18-5-7-20(8-6-18)25(29)17-24(28-23-15-13-22(27)14-16-23)19-9-11-21(12-10-19)26(2,3)4/h5-16,24,28H,17H2,1-4H3/t24-/m1/s1. The molecule has 1 N–H and O–H groups in total. The van der Waals surface area contributed by atoms with Crippen molar-refractivity contribution < 1.29 is 9.18 Å². The Labute approximate surface area is 172 Å². The van der Waals surface area contributed by atoms with Crippen LogP contribution in [0.25, 0.3) is 0 Å². The molecule has 0 aliphatic rings. The van der Waals surface area contributed by atoms with Gasteiger partial charge in [0.25, 0.3) is 0 Å². The van der Waals surface area contributed by atoms with Crippen LogP contribution in [0.15, 0.2) is 72.8 Å². The number of aryl methyl sites for hydroxylation is 1. The topological polar surface area (TPSA) is 29.1 Å². The zero-order valence-electron chi connectivity index (χ0n) is 17.5. The molecular weight excluding hydrogens is 361 g/mol. The van der Waals surface area contributed by atoms with Gasteiger partial charge in [0.2, 0.25) is 0 Å². The molecule has 2 nitrogen and oxygen atoms in total. The monoisotopic (exact) mass is 389 g/mol. The molecule has 3 heteroatoms. The van der Waals surface area contributed by atoms with Gasteiger partial charge in [-0.25, -0.2) is 4.39 Å². The summed E-state index contributed by atoms with van der Waals surface area (Å²) in [6, 6.07) is 22.1. The molecule has 150 valence electrons. The zero-order valence-corrected chi connectivity index (χ0v) is 17.5. The largest absolute Gasteiger partial charge is 0.378 e. The second kappa shape index (κ2) is 8.60. The molecule has 0 saturated carbocycles. The van der Waals surface area contributed by atoms with Gasteiger partial charge >= 0.3 is 0 Å². The molecule has 0 amide bonds. The Hall–Kier alpha value is -2.94. The zero-order chi connectivity index (χ0) is 21.0. The van der Waals surface area contributed by atoms with Crippen molar-refractivity contribution in [2.75, 3.05) is 5.32 Å². The van der Waals surface area contributed by atoms with Crippen LogP contribution in [-0.2, 0) is 5.41 Å². The first-order valence-corrected chi connectivity index (χ1v) is 9.95. The van der Waals surface area contributed by atoms with Crippen molar-refractivity contribution in [2.24, 2.45) is 0 Å². The molecule has 0 heterocycles. The summed E-state index contributed by atoms with van der Waals surface area (Å²) in [6.45, 7) is 8.54. The number of carbonyl (C=O) groups excluding carboxylic acids is 1. The van der Waals surface area contributed by atoms with Gasteiger partial charge in [0, 0.05) is 17.7 Å². The van der Waals surface area contributed by atoms with Gasteiger partial charge in [0.05, 0.1) is 6.04 Å². The molecule has 0 radical (unpaired) electrons. The van der Waals surface area contributed by atoms with Gasteiger partial charge < -0.3 is 5.32 Å². The molecule has 3 aromatic rings. The highest BCUT2D eigenvalue weighted by Crippen LogP contribution is 2.28. The minimum Gasteiger partial charge on any atom is -0.378 e. The van der Waals surface area contributed by atoms with E-state index in [-0.39, 0.29) is 23.1 Å². The van der Waals surface area contributed by atoms with Crippen LogP contribution in [-0.4, -0.2) is 5.78 Å². The summed E-state index contributed by atoms with van der Waals surface area (Å²) in [6.07, 6.45) is 0.315. The number of hydrogen-bond acceptors (Lipinski definition) is 2. The minimum atomic E-state index is -0.280. The van der Waals surface area contributed by atoms with Crippen LogP contribution < -0.4 is 5.32 Å². The molecule has 0 aromatic heterocycles. The van der Waals surface area contributed by atoms with Crippen LogP contribution in [0.3, 0.4) is 0 Å². The van der Waals surface area contributed by atoms with E-state index >= 15 is 0 Å². The highest BCUT2D eigenvalue weighted by atomic mass is 19.1. The highest BCUT2D eigenvalue weighted by molar-refractivity contribution is 5.96. The number of rotatable bonds is 6. The van der Waals surface area contributed by atoms with Gasteiger partial charge in [-0.3, -0.25) is 4.79 Å². The second-order valence-corrected chi connectivity index (χ2v) is 8.57. The summed E-state index contributed by atoms with van der Waals surface area (Å²) in [7, 11) is 0. The van der Waals surface area contributed by atoms with E-state index in [2.05, 4.69) is 50.4 Å². The Morgan fingerprint density at radius 1 is 0.897 bits per heavy atom. The lowest BCUT2D eigenvalue weighted by Gasteiger charge is -2.23. The summed E-state index contributed by atoms with van der Waals surface area (Å²) in [4.78, 5) is 12.9. The van der Waals surface area contributed by atoms with Crippen molar-refractivity contribution in [3.05, 3.63) is 101 Å². The minimum absolute atomic E-state index is 0.0656. The van der Waals surface area contributed by atoms with E-state index in [0.29, 0.717) is 12.0 Å². The first kappa shape index (κ1) is 20.8. The van der Waals surface area contributed by atoms with Crippen molar-refractivity contribution in [3.63, 3.8) is 0 Å². The molecule has 3 aromatic carbocycles. The Balaban J connectivity index is 1.87. The van der Waals surface area contributed by atoms with E-state index < -0.39 is 0 Å². The second-order valence-electron chi connectivity index (χ2n) is 8.57. The average Bonchev–Trinajstić information content (AvgIpc) is 2.69. The predicted octanol–water partition coefficient (Wildman–Crippen LogP) is 6.86. The molecule has 0 bridgehead atoms. The van der Waals surface area contributed by atoms with E-state index in [1.807, 2.05) is 31.2 Å². The number of benzene rings is 3. The summed E-state index contributed by atoms with van der Waals surface area (Å²) >= 11 is 0. The first-order valence-electron chi connectivity index (χ1n) is 9.95. The van der Waals surface area contributed by atoms with Gasteiger partial charge in [0.1, 0.15) is 5.82 Å². The van der Waals surface area contributed by atoms with Crippen molar-refractivity contribution in [2.45, 2.75) is 45.6 Å². The smallest absolute Gasteiger partial charge is 0.165 e. The lowest BCUT2D eigenvalue weighted by atomic mass is 9.86. The van der Waals surface area contributed by atoms with Gasteiger partial charge in [-0.1, -0.05) is 74.9 Å². The van der Waals surface area contributed by atoms with Crippen molar-refractivity contribution >= 4 is 11.5 Å². The van der Waals surface area contributed by atoms with Crippen LogP contribution >= 0.6 is 0 Å². The van der Waals surface area contributed by atoms with E-state index in [1.54, 1.807) is 12.1 Å². The van der Waals surface area contributed by atoms with Crippen molar-refractivity contribution in [3.8, 4) is 0 Å². The Kier molecular flexibility index (Phi) is 6.17. The van der Waals surface area contributed by atoms with E-state index in [0.717, 1.165) is 16.8 Å². The molecule has 1 atom stereocenters. The van der Waals surface area contributed by atoms with E-state index in [1.165, 1.54) is 17.7 Å². The third kappa shape index (κ3) is 5.54. The van der Waals surface area contributed by atoms with Crippen molar-refractivity contribution in [1.29, 1.82) is 0 Å². The number of anilines is 1. The Morgan fingerprint density at radius 2 is 1.48 bits per heavy atom. The summed E-state index contributed by atoms with van der Waals surface area (Å²) < 4.78 is 13.3. The molecule has 0 fully saturated rings. The first-order chi connectivity index (χ1) is 13.7. The maximum Gasteiger partial charge on any atom is 0.165 e. The SMILES string of the molecule is Cc1ccc(C(=O)C[C@@H](Nc2ccc(F)cc2)c2ccc(C(C)(C)C)cc2)cc1. The van der Waals surface area contributed by atoms with Gasteiger partial charge in [-0.2, -0.15) is 0 Å². The summed E-state index contributed by atoms with van der Waals surface area (Å²) in [5.74, 6) is -0.207. The Bertz CT molecular complexity index is 952. The van der Waals surface area contributed by atoms with Gasteiger partial charge in [-0.05, 0) is 47.7 Å². The average molecular weight is 390 g/mol. The quantitative estimate of drug-likeness (QED) is 0.467. The maximum atomic E-state index is 13.3. The third-order valence-corrected chi connectivity index (χ3v) is 5.13. The van der Waals surface area contributed by atoms with E-state index in [4.69, 9.17) is 0 Å². The van der Waals surface area contributed by atoms with Crippen LogP contribution in [0, 0.1) is 12.7 Å². The number of Topliss-reactive ketones (excluding diaryl/α,β-unsaturated/α-hetero) is 1. The highest BCUT2D eigenvalue weighted by Gasteiger charge is 2.19. The fourth-order valence-electron chi connectivity index (χ4n) is 3.26. The number of hydrogen-bond donors (Lipinski definition) is 1. The van der Waals surface area contributed by atoms with Gasteiger partial charge in [-0.15, -0.1) is 0 Å². The van der Waals surface area contributed by atoms with Crippen LogP contribution in [0.5, 0.6) is 0 Å². The Morgan fingerprint density at radius 3 is 2.03 bits per heavy atom. The molecule has 29 heavy (non-hydrogen) atoms. The van der Waals surface area contributed by atoms with Crippen molar-refractivity contribution in [1.82, 2.24) is 0 Å². The summed E-state index contributed by atoms with van der Waals surface area (Å²) in [5, 5.41) is 3.41. The number of carbonyl (C=O) groups is 1. The molecule has 0 aliphatic carbocycles. The number of ketones is 1. The molecular formula is C26H28FNO. The van der Waals surface area contributed by atoms with Crippen LogP contribution in [0.2, 0.25) is 0 Å². The van der Waals surface area contributed by atoms with E-state index in [9.17, 15) is 9.18 Å². The lowest BCUT2D eigenvalue weighted by molar-refractivity contribution is 0.0976. The van der Waals surface area contributed by atoms with Crippen LogP contribution in [0.1, 0.15) is 60.3 Å². The predicted molar refractivity (Wildman–Crippen MR) is 118 cm³/mol. The van der Waals surface area contributed by atoms with Gasteiger partial charge in [0.15, 0.2) is 5.78 Å². The summed E-state index contributed by atoms with van der Waals surface area (Å²) in [5.41, 5.74) is 4.95. The molecule has 0 unspecified atom stereocenters. The molecule has 0 spiro atoms. The normalized spacial score (nSPS) is 12.4.